The maximum Gasteiger partial charge on any atom is 1.00 e. The summed E-state index contributed by atoms with van der Waals surface area (Å²) in [5.41, 5.74) is 0. The van der Waals surface area contributed by atoms with Crippen molar-refractivity contribution in [3.05, 3.63) is 0 Å². The first-order valence-electron chi connectivity index (χ1n) is 0.783. The third-order valence-electron chi connectivity index (χ3n) is 0. The van der Waals surface area contributed by atoms with Gasteiger partial charge in [-0.1, -0.05) is 0 Å². The monoisotopic (exact) mass is 229 g/mol. The van der Waals surface area contributed by atoms with E-state index in [0.29, 0.717) is 0 Å². The van der Waals surface area contributed by atoms with Crippen molar-refractivity contribution in [2.24, 2.45) is 0 Å². The Bertz CT molecular complexity index is 66.7. The molecule has 0 spiro atoms. The van der Waals surface area contributed by atoms with Crippen LogP contribution in [0.3, 0.4) is 0 Å². The fourth-order valence-electron chi connectivity index (χ4n) is 0. The van der Waals surface area contributed by atoms with E-state index in [1.54, 1.807) is 0 Å². The van der Waals surface area contributed by atoms with E-state index < -0.39 is 7.82 Å². The summed E-state index contributed by atoms with van der Waals surface area (Å²) in [7, 11) is -4.64. The standard InChI is InChI=1S/Fe.Na.H3O4P.V.H/c;;1-5(2,3)4;;/h;;(H3,1,2,3,4);;/q;+1;;;-1. The Hall–Kier alpha value is 2.21. The number of hydrogen-bond acceptors (Lipinski definition) is 1. The largest absolute Gasteiger partial charge is 1.00 e. The van der Waals surface area contributed by atoms with Gasteiger partial charge >= 0.3 is 37.4 Å². The van der Waals surface area contributed by atoms with Crippen LogP contribution in [0.15, 0.2) is 0 Å². The minimum Gasteiger partial charge on any atom is -1.00 e. The van der Waals surface area contributed by atoms with Crippen molar-refractivity contribution in [3.63, 3.8) is 0 Å². The molecule has 47 valence electrons. The van der Waals surface area contributed by atoms with Crippen LogP contribution < -0.4 is 29.6 Å². The van der Waals surface area contributed by atoms with Gasteiger partial charge in [0.15, 0.2) is 0 Å². The summed E-state index contributed by atoms with van der Waals surface area (Å²) in [5.74, 6) is 0. The van der Waals surface area contributed by atoms with Crippen LogP contribution in [0.4, 0.5) is 0 Å². The number of rotatable bonds is 0. The minimum absolute atomic E-state index is 0. The summed E-state index contributed by atoms with van der Waals surface area (Å²) in [6.07, 6.45) is 0. The third kappa shape index (κ3) is 87.2. The molecule has 0 aromatic rings. The summed E-state index contributed by atoms with van der Waals surface area (Å²) in [5, 5.41) is 0. The van der Waals surface area contributed by atoms with Gasteiger partial charge in [-0.15, -0.1) is 0 Å². The minimum atomic E-state index is -4.64. The molecule has 8 heteroatoms. The van der Waals surface area contributed by atoms with E-state index in [9.17, 15) is 0 Å². The second kappa shape index (κ2) is 9.21. The van der Waals surface area contributed by atoms with Gasteiger partial charge in [0.2, 0.25) is 0 Å². The van der Waals surface area contributed by atoms with E-state index in [4.69, 9.17) is 19.2 Å². The van der Waals surface area contributed by atoms with Crippen molar-refractivity contribution >= 4 is 7.82 Å². The second-order valence-corrected chi connectivity index (χ2v) is 1.54. The van der Waals surface area contributed by atoms with E-state index in [0.717, 1.165) is 0 Å². The first kappa shape index (κ1) is 22.5. The van der Waals surface area contributed by atoms with E-state index in [-0.39, 0.29) is 66.6 Å². The predicted molar refractivity (Wildman–Crippen MR) is 15.4 cm³/mol. The van der Waals surface area contributed by atoms with Gasteiger partial charge in [-0.3, -0.25) is 0 Å². The van der Waals surface area contributed by atoms with E-state index in [2.05, 4.69) is 0 Å². The van der Waals surface area contributed by atoms with Gasteiger partial charge in [0.05, 0.1) is 0 Å². The van der Waals surface area contributed by atoms with Gasteiger partial charge in [-0.2, -0.15) is 0 Å². The fraction of sp³-hybridized carbons (Fsp3) is 0. The molecule has 0 heterocycles. The molecule has 4 nitrogen and oxygen atoms in total. The smallest absolute Gasteiger partial charge is 1.00 e. The molecule has 0 aromatic heterocycles. The average Bonchev–Trinajstić information content (AvgIpc) is 0.722. The molecule has 3 N–H and O–H groups in total. The summed E-state index contributed by atoms with van der Waals surface area (Å²) in [6, 6.07) is 0. The van der Waals surface area contributed by atoms with Crippen molar-refractivity contribution in [2.45, 2.75) is 0 Å². The fourth-order valence-corrected chi connectivity index (χ4v) is 0. The van der Waals surface area contributed by atoms with Crippen molar-refractivity contribution < 1.29 is 85.9 Å². The van der Waals surface area contributed by atoms with Crippen LogP contribution in [0.25, 0.3) is 0 Å². The molecule has 8 heavy (non-hydrogen) atoms. The molecular formula is H4FeNaO4PV. The van der Waals surface area contributed by atoms with E-state index in [1.807, 2.05) is 0 Å². The molecule has 0 amide bonds. The molecular weight excluding hydrogens is 225 g/mol. The van der Waals surface area contributed by atoms with Crippen molar-refractivity contribution in [1.82, 2.24) is 0 Å². The maximum atomic E-state index is 8.88. The van der Waals surface area contributed by atoms with E-state index >= 15 is 0 Å². The van der Waals surface area contributed by atoms with Crippen molar-refractivity contribution in [1.29, 1.82) is 0 Å². The Balaban J connectivity index is -0.0000000133. The molecule has 0 rings (SSSR count). The zero-order chi connectivity index (χ0) is 4.50. The Morgan fingerprint density at radius 2 is 1.25 bits per heavy atom. The van der Waals surface area contributed by atoms with Gasteiger partial charge in [-0.05, 0) is 0 Å². The van der Waals surface area contributed by atoms with Crippen LogP contribution in [-0.4, -0.2) is 14.7 Å². The third-order valence-corrected chi connectivity index (χ3v) is 0. The molecule has 0 unspecified atom stereocenters. The molecule has 0 saturated heterocycles. The summed E-state index contributed by atoms with van der Waals surface area (Å²) in [4.78, 5) is 21.6. The number of phosphoric acid groups is 1. The molecule has 0 saturated carbocycles. The zero-order valence-electron chi connectivity index (χ0n) is 5.00. The van der Waals surface area contributed by atoms with Crippen LogP contribution in [0.1, 0.15) is 1.43 Å². The zero-order valence-corrected chi connectivity index (χ0v) is 9.39. The van der Waals surface area contributed by atoms with Gasteiger partial charge in [0.25, 0.3) is 0 Å². The first-order chi connectivity index (χ1) is 2.00. The number of hydrogen-bond donors (Lipinski definition) is 3. The maximum absolute atomic E-state index is 8.88. The van der Waals surface area contributed by atoms with Crippen LogP contribution in [0.5, 0.6) is 0 Å². The Morgan fingerprint density at radius 3 is 1.25 bits per heavy atom. The Labute approximate surface area is 92.8 Å². The molecule has 0 bridgehead atoms. The summed E-state index contributed by atoms with van der Waals surface area (Å²) >= 11 is 0. The molecule has 0 atom stereocenters. The SMILES string of the molecule is O=P(O)(O)O.[Fe].[H-].[Na+].[V]. The predicted octanol–water partition coefficient (Wildman–Crippen LogP) is -3.82. The molecule has 1 radical (unpaired) electrons. The van der Waals surface area contributed by atoms with Crippen LogP contribution in [-0.2, 0) is 40.2 Å². The normalized spacial score (nSPS) is 7.38. The van der Waals surface area contributed by atoms with Gasteiger partial charge < -0.3 is 16.1 Å². The molecule has 0 aliphatic carbocycles. The quantitative estimate of drug-likeness (QED) is 0.294. The van der Waals surface area contributed by atoms with Gasteiger partial charge in [-0.25, -0.2) is 4.57 Å². The van der Waals surface area contributed by atoms with Crippen molar-refractivity contribution in [2.75, 3.05) is 0 Å². The Kier molecular flexibility index (Phi) is 25.9. The van der Waals surface area contributed by atoms with Crippen LogP contribution >= 0.6 is 7.82 Å². The molecule has 0 aliphatic rings. The average molecular weight is 229 g/mol. The van der Waals surface area contributed by atoms with Gasteiger partial charge in [0.1, 0.15) is 0 Å². The Morgan fingerprint density at radius 1 is 1.25 bits per heavy atom. The molecule has 0 fully saturated rings. The van der Waals surface area contributed by atoms with Crippen LogP contribution in [0.2, 0.25) is 0 Å². The summed E-state index contributed by atoms with van der Waals surface area (Å²) in [6.45, 7) is 0. The van der Waals surface area contributed by atoms with Crippen molar-refractivity contribution in [3.8, 4) is 0 Å². The summed E-state index contributed by atoms with van der Waals surface area (Å²) < 4.78 is 8.88. The first-order valence-corrected chi connectivity index (χ1v) is 2.35. The topological polar surface area (TPSA) is 77.8 Å². The van der Waals surface area contributed by atoms with Gasteiger partial charge in [0, 0.05) is 35.6 Å². The second-order valence-electron chi connectivity index (χ2n) is 0.513. The van der Waals surface area contributed by atoms with E-state index in [1.165, 1.54) is 0 Å². The molecule has 0 aliphatic heterocycles. The van der Waals surface area contributed by atoms with Crippen LogP contribution in [0, 0.1) is 0 Å². The molecule has 0 aromatic carbocycles.